The molecular weight excluding hydrogens is 1160 g/mol. The van der Waals surface area contributed by atoms with Gasteiger partial charge in [-0.1, -0.05) is 344 Å². The van der Waals surface area contributed by atoms with Crippen LogP contribution in [0.2, 0.25) is 0 Å². The summed E-state index contributed by atoms with van der Waals surface area (Å²) in [4.78, 5) is 25.1. The molecule has 0 radical (unpaired) electrons. The van der Waals surface area contributed by atoms with E-state index in [2.05, 4.69) is 67.8 Å². The first-order valence-corrected chi connectivity index (χ1v) is 40.1. The first-order valence-electron chi connectivity index (χ1n) is 40.1. The van der Waals surface area contributed by atoms with Crippen molar-refractivity contribution in [2.75, 3.05) is 19.8 Å². The van der Waals surface area contributed by atoms with Gasteiger partial charge < -0.3 is 45.1 Å². The molecule has 1 saturated heterocycles. The maximum Gasteiger partial charge on any atom is 0.305 e. The van der Waals surface area contributed by atoms with Gasteiger partial charge in [0.05, 0.1) is 32.0 Å². The molecule has 1 fully saturated rings. The number of aliphatic hydroxyl groups excluding tert-OH is 5. The van der Waals surface area contributed by atoms with Crippen molar-refractivity contribution < 1.29 is 49.3 Å². The van der Waals surface area contributed by atoms with E-state index in [1.165, 1.54) is 289 Å². The highest BCUT2D eigenvalue weighted by atomic mass is 16.7. The number of ether oxygens (including phenoxy) is 3. The van der Waals surface area contributed by atoms with Gasteiger partial charge in [0.2, 0.25) is 5.91 Å². The molecule has 0 saturated carbocycles. The molecule has 0 aliphatic carbocycles. The third-order valence-corrected chi connectivity index (χ3v) is 18.8. The Hall–Kier alpha value is -2.64. The van der Waals surface area contributed by atoms with Crippen LogP contribution in [0.5, 0.6) is 0 Å². The first-order chi connectivity index (χ1) is 45.7. The van der Waals surface area contributed by atoms with Crippen LogP contribution in [0.25, 0.3) is 0 Å². The van der Waals surface area contributed by atoms with Crippen LogP contribution in [-0.2, 0) is 23.8 Å². The number of carbonyl (C=O) groups is 2. The fourth-order valence-electron chi connectivity index (χ4n) is 12.6. The molecule has 1 aliphatic heterocycles. The Bertz CT molecular complexity index is 1730. The second-order valence-electron chi connectivity index (χ2n) is 27.8. The molecule has 0 aromatic rings. The van der Waals surface area contributed by atoms with Gasteiger partial charge in [-0.2, -0.15) is 0 Å². The van der Waals surface area contributed by atoms with E-state index in [1.807, 2.05) is 6.08 Å². The highest BCUT2D eigenvalue weighted by Crippen LogP contribution is 2.24. The smallest absolute Gasteiger partial charge is 0.305 e. The van der Waals surface area contributed by atoms with Gasteiger partial charge in [0.25, 0.3) is 0 Å². The number of hydrogen-bond acceptors (Lipinski definition) is 10. The molecule has 544 valence electrons. The lowest BCUT2D eigenvalue weighted by Gasteiger charge is -2.40. The first kappa shape index (κ1) is 88.4. The zero-order valence-electron chi connectivity index (χ0n) is 60.7. The van der Waals surface area contributed by atoms with E-state index in [1.54, 1.807) is 6.08 Å². The van der Waals surface area contributed by atoms with Crippen LogP contribution in [0, 0.1) is 0 Å². The molecule has 1 rings (SSSR count). The number of carbonyl (C=O) groups excluding carboxylic acids is 2. The van der Waals surface area contributed by atoms with Gasteiger partial charge in [-0.05, 0) is 89.9 Å². The number of allylic oxidation sites excluding steroid dienone is 9. The van der Waals surface area contributed by atoms with Crippen LogP contribution in [0.3, 0.4) is 0 Å². The van der Waals surface area contributed by atoms with Gasteiger partial charge in [-0.25, -0.2) is 0 Å². The third-order valence-electron chi connectivity index (χ3n) is 18.8. The maximum atomic E-state index is 13.1. The van der Waals surface area contributed by atoms with Crippen molar-refractivity contribution in [3.05, 3.63) is 60.8 Å². The summed E-state index contributed by atoms with van der Waals surface area (Å²) in [6.45, 7) is 4.31. The minimum Gasteiger partial charge on any atom is -0.466 e. The lowest BCUT2D eigenvalue weighted by Crippen LogP contribution is -2.60. The highest BCUT2D eigenvalue weighted by molar-refractivity contribution is 5.76. The summed E-state index contributed by atoms with van der Waals surface area (Å²) in [7, 11) is 0. The van der Waals surface area contributed by atoms with Gasteiger partial charge >= 0.3 is 5.97 Å². The number of rotatable bonds is 71. The van der Waals surface area contributed by atoms with Crippen LogP contribution in [-0.4, -0.2) is 100 Å². The standard InChI is InChI=1S/C82H151NO10/c1-3-5-7-9-11-13-15-44-48-52-56-60-64-68-75(85)74(73-92-82-81(90)80(89)79(88)76(72-84)93-82)83-77(86)69-65-61-57-53-49-46-42-40-38-36-34-32-30-28-26-24-22-20-18-17-19-21-23-25-27-29-31-33-35-37-39-41-43-47-51-55-59-63-67-71-91-78(87)70-66-62-58-54-50-45-16-14-12-10-8-6-4-2/h8,10,14,16-18,21,23,64,68,74-76,79-82,84-85,88-90H,3-7,9,11-13,15,19-20,22,24-63,65-67,69-73H2,1-2H3,(H,83,86)/b10-8-,16-14-,18-17-,23-21-,68-64+. The molecule has 6 N–H and O–H groups in total. The maximum absolute atomic E-state index is 13.1. The topological polar surface area (TPSA) is 175 Å². The summed E-state index contributed by atoms with van der Waals surface area (Å²) < 4.78 is 16.8. The predicted molar refractivity (Wildman–Crippen MR) is 393 cm³/mol. The fraction of sp³-hybridized carbons (Fsp3) is 0.854. The molecule has 0 aromatic carbocycles. The second kappa shape index (κ2) is 70.7. The largest absolute Gasteiger partial charge is 0.466 e. The molecule has 11 heteroatoms. The van der Waals surface area contributed by atoms with E-state index >= 15 is 0 Å². The third kappa shape index (κ3) is 59.2. The molecule has 7 atom stereocenters. The molecule has 0 aromatic heterocycles. The average molecular weight is 1310 g/mol. The number of esters is 1. The average Bonchev–Trinajstić information content (AvgIpc) is 0.985. The van der Waals surface area contributed by atoms with Crippen LogP contribution in [0.4, 0.5) is 0 Å². The van der Waals surface area contributed by atoms with E-state index in [4.69, 9.17) is 14.2 Å². The Morgan fingerprint density at radius 3 is 1.13 bits per heavy atom. The summed E-state index contributed by atoms with van der Waals surface area (Å²) in [6, 6.07) is -0.808. The molecular formula is C82H151NO10. The van der Waals surface area contributed by atoms with Gasteiger partial charge in [-0.3, -0.25) is 9.59 Å². The Morgan fingerprint density at radius 2 is 0.742 bits per heavy atom. The quantitative estimate of drug-likeness (QED) is 0.0195. The van der Waals surface area contributed by atoms with E-state index in [-0.39, 0.29) is 18.5 Å². The lowest BCUT2D eigenvalue weighted by atomic mass is 9.99. The van der Waals surface area contributed by atoms with Crippen LogP contribution in [0.1, 0.15) is 386 Å². The minimum absolute atomic E-state index is 0.000797. The van der Waals surface area contributed by atoms with E-state index in [0.717, 1.165) is 70.6 Å². The van der Waals surface area contributed by atoms with Gasteiger partial charge in [0, 0.05) is 12.8 Å². The minimum atomic E-state index is -1.57. The lowest BCUT2D eigenvalue weighted by molar-refractivity contribution is -0.302. The molecule has 93 heavy (non-hydrogen) atoms. The molecule has 11 nitrogen and oxygen atoms in total. The molecule has 1 amide bonds. The molecule has 1 heterocycles. The molecule has 0 bridgehead atoms. The Kier molecular flexibility index (Phi) is 67.2. The number of nitrogens with one attached hydrogen (secondary N) is 1. The van der Waals surface area contributed by atoms with Crippen molar-refractivity contribution in [1.29, 1.82) is 0 Å². The zero-order valence-corrected chi connectivity index (χ0v) is 60.7. The van der Waals surface area contributed by atoms with Crippen LogP contribution >= 0.6 is 0 Å². The van der Waals surface area contributed by atoms with Crippen molar-refractivity contribution in [1.82, 2.24) is 5.32 Å². The summed E-state index contributed by atoms with van der Waals surface area (Å²) in [5, 5.41) is 54.6. The van der Waals surface area contributed by atoms with Crippen molar-refractivity contribution in [2.45, 2.75) is 429 Å². The van der Waals surface area contributed by atoms with E-state index in [0.29, 0.717) is 19.4 Å². The zero-order chi connectivity index (χ0) is 67.2. The SMILES string of the molecule is CCC/C=C\C/C=C\CCCCCCCC(=O)OCCCCCCCCCCCCCCCCC/C=C\C/C=C\CCCCCCCCCCCCCCCCCCCC(=O)NC(COC1OC(CO)C(O)C(O)C1O)C(O)/C=C/CCCCCCCCCCCCC. The number of aliphatic hydroxyl groups is 5. The Labute approximate surface area is 573 Å². The van der Waals surface area contributed by atoms with Crippen molar-refractivity contribution >= 4 is 11.9 Å². The van der Waals surface area contributed by atoms with Gasteiger partial charge in [-0.15, -0.1) is 0 Å². The van der Waals surface area contributed by atoms with Gasteiger partial charge in [0.1, 0.15) is 24.4 Å². The van der Waals surface area contributed by atoms with Crippen molar-refractivity contribution in [3.63, 3.8) is 0 Å². The van der Waals surface area contributed by atoms with E-state index in [9.17, 15) is 35.1 Å². The monoisotopic (exact) mass is 1310 g/mol. The highest BCUT2D eigenvalue weighted by Gasteiger charge is 2.44. The molecule has 0 spiro atoms. The van der Waals surface area contributed by atoms with Crippen LogP contribution in [0.15, 0.2) is 60.8 Å². The summed E-state index contributed by atoms with van der Waals surface area (Å²) >= 11 is 0. The summed E-state index contributed by atoms with van der Waals surface area (Å²) in [5.74, 6) is -0.178. The van der Waals surface area contributed by atoms with Crippen molar-refractivity contribution in [3.8, 4) is 0 Å². The van der Waals surface area contributed by atoms with Crippen molar-refractivity contribution in [2.24, 2.45) is 0 Å². The molecule has 7 unspecified atom stereocenters. The van der Waals surface area contributed by atoms with E-state index < -0.39 is 49.5 Å². The Morgan fingerprint density at radius 1 is 0.398 bits per heavy atom. The molecule has 1 aliphatic rings. The van der Waals surface area contributed by atoms with Gasteiger partial charge in [0.15, 0.2) is 6.29 Å². The number of unbranched alkanes of at least 4 members (excludes halogenated alkanes) is 49. The van der Waals surface area contributed by atoms with Crippen LogP contribution < -0.4 is 5.32 Å². The normalized spacial score (nSPS) is 17.8. The second-order valence-corrected chi connectivity index (χ2v) is 27.8. The Balaban J connectivity index is 1.91. The summed E-state index contributed by atoms with van der Waals surface area (Å²) in [6.07, 6.45) is 85.4. The number of hydrogen-bond donors (Lipinski definition) is 6. The number of amides is 1. The predicted octanol–water partition coefficient (Wildman–Crippen LogP) is 21.6. The fourth-order valence-corrected chi connectivity index (χ4v) is 12.6. The summed E-state index contributed by atoms with van der Waals surface area (Å²) in [5.41, 5.74) is 0.